The average Bonchev–Trinajstić information content (AvgIpc) is 3.06. The molecule has 2 aromatic rings. The van der Waals surface area contributed by atoms with Crippen molar-refractivity contribution in [3.05, 3.63) is 41.5 Å². The SMILES string of the molecule is O=C(Cc1noc(C(=O)N2CCOCC2)n1)Nc1ccc(F)cc1F. The van der Waals surface area contributed by atoms with Crippen molar-refractivity contribution in [3.8, 4) is 0 Å². The van der Waals surface area contributed by atoms with Crippen LogP contribution in [0.4, 0.5) is 14.5 Å². The average molecular weight is 352 g/mol. The van der Waals surface area contributed by atoms with Gasteiger partial charge in [0.2, 0.25) is 5.91 Å². The summed E-state index contributed by atoms with van der Waals surface area (Å²) in [6.45, 7) is 1.69. The highest BCUT2D eigenvalue weighted by atomic mass is 19.1. The van der Waals surface area contributed by atoms with E-state index in [-0.39, 0.29) is 23.8 Å². The molecule has 3 rings (SSSR count). The first-order valence-corrected chi connectivity index (χ1v) is 7.47. The number of carbonyl (C=O) groups is 2. The number of hydrogen-bond acceptors (Lipinski definition) is 6. The highest BCUT2D eigenvalue weighted by molar-refractivity contribution is 5.92. The second-order valence-corrected chi connectivity index (χ2v) is 5.27. The smallest absolute Gasteiger partial charge is 0.316 e. The Balaban J connectivity index is 1.60. The molecule has 0 radical (unpaired) electrons. The second-order valence-electron chi connectivity index (χ2n) is 5.27. The van der Waals surface area contributed by atoms with Gasteiger partial charge < -0.3 is 19.5 Å². The van der Waals surface area contributed by atoms with E-state index in [4.69, 9.17) is 9.26 Å². The largest absolute Gasteiger partial charge is 0.378 e. The molecule has 2 heterocycles. The Morgan fingerprint density at radius 2 is 2.00 bits per heavy atom. The minimum Gasteiger partial charge on any atom is -0.378 e. The molecular formula is C15H14F2N4O4. The van der Waals surface area contributed by atoms with E-state index in [1.807, 2.05) is 0 Å². The Morgan fingerprint density at radius 3 is 2.72 bits per heavy atom. The standard InChI is InChI=1S/C15H14F2N4O4/c16-9-1-2-11(10(17)7-9)18-13(22)8-12-19-14(25-20-12)15(23)21-3-5-24-6-4-21/h1-2,7H,3-6,8H2,(H,18,22). The van der Waals surface area contributed by atoms with Gasteiger partial charge in [-0.15, -0.1) is 0 Å². The van der Waals surface area contributed by atoms with Crippen molar-refractivity contribution >= 4 is 17.5 Å². The molecular weight excluding hydrogens is 338 g/mol. The molecule has 0 saturated carbocycles. The first-order valence-electron chi connectivity index (χ1n) is 7.47. The number of morpholine rings is 1. The molecule has 0 bridgehead atoms. The van der Waals surface area contributed by atoms with Gasteiger partial charge in [-0.1, -0.05) is 5.16 Å². The minimum absolute atomic E-state index is 0.0170. The number of ether oxygens (including phenoxy) is 1. The summed E-state index contributed by atoms with van der Waals surface area (Å²) in [6, 6.07) is 2.78. The summed E-state index contributed by atoms with van der Waals surface area (Å²) in [5.41, 5.74) is -0.167. The van der Waals surface area contributed by atoms with Crippen LogP contribution < -0.4 is 5.32 Å². The molecule has 0 atom stereocenters. The van der Waals surface area contributed by atoms with E-state index in [1.165, 1.54) is 4.90 Å². The molecule has 1 aliphatic rings. The van der Waals surface area contributed by atoms with Gasteiger partial charge in [-0.3, -0.25) is 9.59 Å². The lowest BCUT2D eigenvalue weighted by Crippen LogP contribution is -2.40. The van der Waals surface area contributed by atoms with Gasteiger partial charge in [-0.25, -0.2) is 8.78 Å². The van der Waals surface area contributed by atoms with Crippen LogP contribution >= 0.6 is 0 Å². The Labute approximate surface area is 140 Å². The van der Waals surface area contributed by atoms with E-state index < -0.39 is 23.4 Å². The summed E-state index contributed by atoms with van der Waals surface area (Å²) >= 11 is 0. The third-order valence-corrected chi connectivity index (χ3v) is 3.47. The first kappa shape index (κ1) is 17.0. The maximum atomic E-state index is 13.5. The fourth-order valence-corrected chi connectivity index (χ4v) is 2.24. The molecule has 0 aliphatic carbocycles. The van der Waals surface area contributed by atoms with E-state index in [1.54, 1.807) is 0 Å². The number of anilines is 1. The molecule has 8 nitrogen and oxygen atoms in total. The normalized spacial score (nSPS) is 14.4. The summed E-state index contributed by atoms with van der Waals surface area (Å²) in [5.74, 6) is -2.96. The number of rotatable bonds is 4. The molecule has 0 unspecified atom stereocenters. The number of benzene rings is 1. The van der Waals surface area contributed by atoms with E-state index in [0.717, 1.165) is 12.1 Å². The predicted octanol–water partition coefficient (Wildman–Crippen LogP) is 1.00. The fourth-order valence-electron chi connectivity index (χ4n) is 2.24. The van der Waals surface area contributed by atoms with Crippen LogP contribution in [0, 0.1) is 11.6 Å². The van der Waals surface area contributed by atoms with Crippen LogP contribution in [0.2, 0.25) is 0 Å². The van der Waals surface area contributed by atoms with Crippen molar-refractivity contribution in [3.63, 3.8) is 0 Å². The molecule has 1 saturated heterocycles. The lowest BCUT2D eigenvalue weighted by Gasteiger charge is -2.25. The minimum atomic E-state index is -0.898. The molecule has 25 heavy (non-hydrogen) atoms. The van der Waals surface area contributed by atoms with Gasteiger partial charge in [0.25, 0.3) is 0 Å². The number of aromatic nitrogens is 2. The van der Waals surface area contributed by atoms with Gasteiger partial charge in [0.1, 0.15) is 11.6 Å². The first-order chi connectivity index (χ1) is 12.0. The zero-order chi connectivity index (χ0) is 17.8. The molecule has 1 N–H and O–H groups in total. The van der Waals surface area contributed by atoms with Gasteiger partial charge in [0, 0.05) is 19.2 Å². The van der Waals surface area contributed by atoms with E-state index in [2.05, 4.69) is 15.5 Å². The monoisotopic (exact) mass is 352 g/mol. The number of nitrogens with one attached hydrogen (secondary N) is 1. The molecule has 2 amide bonds. The van der Waals surface area contributed by atoms with Gasteiger partial charge in [-0.2, -0.15) is 4.98 Å². The van der Waals surface area contributed by atoms with Crippen LogP contribution in [0.25, 0.3) is 0 Å². The molecule has 1 aliphatic heterocycles. The summed E-state index contributed by atoms with van der Waals surface area (Å²) in [4.78, 5) is 29.4. The maximum Gasteiger partial charge on any atom is 0.316 e. The number of hydrogen-bond donors (Lipinski definition) is 1. The van der Waals surface area contributed by atoms with Crippen molar-refractivity contribution < 1.29 is 27.6 Å². The van der Waals surface area contributed by atoms with Gasteiger partial charge in [-0.05, 0) is 12.1 Å². The van der Waals surface area contributed by atoms with Crippen molar-refractivity contribution in [1.82, 2.24) is 15.0 Å². The fraction of sp³-hybridized carbons (Fsp3) is 0.333. The van der Waals surface area contributed by atoms with Crippen LogP contribution in [-0.4, -0.2) is 53.2 Å². The molecule has 1 fully saturated rings. The summed E-state index contributed by atoms with van der Waals surface area (Å²) in [7, 11) is 0. The van der Waals surface area contributed by atoms with Gasteiger partial charge >= 0.3 is 11.8 Å². The Kier molecular flexibility index (Phi) is 4.98. The van der Waals surface area contributed by atoms with E-state index >= 15 is 0 Å². The molecule has 0 spiro atoms. The number of carbonyl (C=O) groups excluding carboxylic acids is 2. The third-order valence-electron chi connectivity index (χ3n) is 3.47. The van der Waals surface area contributed by atoms with Crippen molar-refractivity contribution in [1.29, 1.82) is 0 Å². The molecule has 1 aromatic carbocycles. The zero-order valence-electron chi connectivity index (χ0n) is 13.0. The number of nitrogens with zero attached hydrogens (tertiary/aromatic N) is 3. The summed E-state index contributed by atoms with van der Waals surface area (Å²) in [5, 5.41) is 5.84. The van der Waals surface area contributed by atoms with Crippen LogP contribution in [0.15, 0.2) is 22.7 Å². The van der Waals surface area contributed by atoms with Crippen molar-refractivity contribution in [2.45, 2.75) is 6.42 Å². The quantitative estimate of drug-likeness (QED) is 0.882. The number of amides is 2. The Bertz CT molecular complexity index is 790. The Morgan fingerprint density at radius 1 is 1.24 bits per heavy atom. The Hall–Kier alpha value is -2.88. The molecule has 132 valence electrons. The summed E-state index contributed by atoms with van der Waals surface area (Å²) < 4.78 is 36.4. The highest BCUT2D eigenvalue weighted by Gasteiger charge is 2.24. The topological polar surface area (TPSA) is 97.6 Å². The van der Waals surface area contributed by atoms with E-state index in [0.29, 0.717) is 32.4 Å². The van der Waals surface area contributed by atoms with Crippen molar-refractivity contribution in [2.75, 3.05) is 31.6 Å². The molecule has 1 aromatic heterocycles. The number of halogens is 2. The summed E-state index contributed by atoms with van der Waals surface area (Å²) in [6.07, 6.45) is -0.323. The lowest BCUT2D eigenvalue weighted by atomic mass is 10.3. The predicted molar refractivity (Wildman–Crippen MR) is 79.7 cm³/mol. The van der Waals surface area contributed by atoms with Gasteiger partial charge in [0.15, 0.2) is 5.82 Å². The van der Waals surface area contributed by atoms with Crippen LogP contribution in [0.1, 0.15) is 16.5 Å². The van der Waals surface area contributed by atoms with Crippen LogP contribution in [0.5, 0.6) is 0 Å². The van der Waals surface area contributed by atoms with Crippen LogP contribution in [0.3, 0.4) is 0 Å². The lowest BCUT2D eigenvalue weighted by molar-refractivity contribution is -0.115. The third kappa shape index (κ3) is 4.15. The maximum absolute atomic E-state index is 13.5. The zero-order valence-corrected chi connectivity index (χ0v) is 13.0. The second kappa shape index (κ2) is 7.34. The van der Waals surface area contributed by atoms with Crippen LogP contribution in [-0.2, 0) is 16.0 Å². The van der Waals surface area contributed by atoms with E-state index in [9.17, 15) is 18.4 Å². The van der Waals surface area contributed by atoms with Crippen molar-refractivity contribution in [2.24, 2.45) is 0 Å². The highest BCUT2D eigenvalue weighted by Crippen LogP contribution is 2.15. The van der Waals surface area contributed by atoms with Gasteiger partial charge in [0.05, 0.1) is 25.3 Å². The molecule has 10 heteroatoms.